The molecule has 154 valence electrons. The molecule has 1 aliphatic carbocycles. The Bertz CT molecular complexity index is 1000. The maximum absolute atomic E-state index is 13.1. The molecule has 0 amide bonds. The van der Waals surface area contributed by atoms with Crippen LogP contribution in [0.3, 0.4) is 0 Å². The van der Waals surface area contributed by atoms with E-state index in [4.69, 9.17) is 4.74 Å². The van der Waals surface area contributed by atoms with E-state index in [9.17, 15) is 14.3 Å². The topological polar surface area (TPSA) is 84.3 Å². The van der Waals surface area contributed by atoms with Gasteiger partial charge >= 0.3 is 5.97 Å². The highest BCUT2D eigenvalue weighted by atomic mass is 19.1. The van der Waals surface area contributed by atoms with Gasteiger partial charge in [-0.15, -0.1) is 0 Å². The van der Waals surface area contributed by atoms with Crippen molar-refractivity contribution in [2.45, 2.75) is 25.3 Å². The first-order valence-electron chi connectivity index (χ1n) is 9.86. The van der Waals surface area contributed by atoms with E-state index < -0.39 is 12.0 Å². The molecule has 1 unspecified atom stereocenters. The van der Waals surface area contributed by atoms with E-state index in [1.165, 1.54) is 31.3 Å². The maximum Gasteiger partial charge on any atom is 0.326 e. The van der Waals surface area contributed by atoms with Crippen LogP contribution in [0.2, 0.25) is 0 Å². The van der Waals surface area contributed by atoms with Crippen molar-refractivity contribution < 1.29 is 19.0 Å². The molecule has 4 rings (SSSR count). The molecule has 3 aromatic rings. The number of carbonyl (C=O) groups is 1. The maximum atomic E-state index is 13.1. The average molecular weight is 407 g/mol. The van der Waals surface area contributed by atoms with Crippen LogP contribution in [-0.4, -0.2) is 33.7 Å². The number of carboxylic acids is 1. The lowest BCUT2D eigenvalue weighted by Gasteiger charge is -2.15. The molecule has 30 heavy (non-hydrogen) atoms. The lowest BCUT2D eigenvalue weighted by Crippen LogP contribution is -2.31. The number of ether oxygens (including phenoxy) is 1. The molecule has 1 atom stereocenters. The first kappa shape index (κ1) is 19.8. The number of aromatic nitrogens is 2. The second-order valence-corrected chi connectivity index (χ2v) is 7.43. The van der Waals surface area contributed by atoms with Gasteiger partial charge in [0.25, 0.3) is 0 Å². The predicted octanol–water partition coefficient (Wildman–Crippen LogP) is 4.18. The molecule has 7 heteroatoms. The highest BCUT2D eigenvalue weighted by molar-refractivity contribution is 5.77. The molecule has 0 spiro atoms. The molecule has 1 aliphatic rings. The summed E-state index contributed by atoms with van der Waals surface area (Å²) in [5.41, 5.74) is 2.27. The van der Waals surface area contributed by atoms with Crippen LogP contribution in [0.15, 0.2) is 60.9 Å². The number of aliphatic carboxylic acids is 1. The first-order chi connectivity index (χ1) is 14.6. The fraction of sp³-hybridized carbons (Fsp3) is 0.261. The van der Waals surface area contributed by atoms with Gasteiger partial charge in [0.2, 0.25) is 0 Å². The van der Waals surface area contributed by atoms with Crippen LogP contribution < -0.4 is 10.1 Å². The fourth-order valence-electron chi connectivity index (χ4n) is 3.05. The van der Waals surface area contributed by atoms with Crippen molar-refractivity contribution in [1.82, 2.24) is 9.97 Å². The number of hydrogen-bond acceptors (Lipinski definition) is 5. The van der Waals surface area contributed by atoms with Crippen molar-refractivity contribution in [3.63, 3.8) is 0 Å². The second kappa shape index (κ2) is 8.90. The van der Waals surface area contributed by atoms with Crippen LogP contribution >= 0.6 is 0 Å². The summed E-state index contributed by atoms with van der Waals surface area (Å²) in [5.74, 6) is 0.545. The summed E-state index contributed by atoms with van der Waals surface area (Å²) < 4.78 is 18.8. The van der Waals surface area contributed by atoms with Crippen LogP contribution in [0, 0.1) is 11.7 Å². The molecule has 1 fully saturated rings. The Morgan fingerprint density at radius 3 is 2.53 bits per heavy atom. The predicted molar refractivity (Wildman–Crippen MR) is 111 cm³/mol. The molecular formula is C23H22FN3O3. The molecule has 1 saturated carbocycles. The van der Waals surface area contributed by atoms with Gasteiger partial charge in [0.1, 0.15) is 29.8 Å². The third-order valence-corrected chi connectivity index (χ3v) is 4.97. The molecule has 2 N–H and O–H groups in total. The fourth-order valence-corrected chi connectivity index (χ4v) is 3.05. The zero-order chi connectivity index (χ0) is 20.9. The van der Waals surface area contributed by atoms with E-state index in [0.29, 0.717) is 23.0 Å². The van der Waals surface area contributed by atoms with Crippen molar-refractivity contribution in [1.29, 1.82) is 0 Å². The minimum absolute atomic E-state index is 0.196. The van der Waals surface area contributed by atoms with Crippen molar-refractivity contribution >= 4 is 11.8 Å². The highest BCUT2D eigenvalue weighted by Gasteiger charge is 2.22. The largest absolute Gasteiger partial charge is 0.493 e. The summed E-state index contributed by atoms with van der Waals surface area (Å²) in [6.07, 6.45) is 4.08. The summed E-state index contributed by atoms with van der Waals surface area (Å²) in [4.78, 5) is 20.1. The van der Waals surface area contributed by atoms with Crippen LogP contribution in [0.5, 0.6) is 5.75 Å². The van der Waals surface area contributed by atoms with Gasteiger partial charge in [-0.05, 0) is 60.7 Å². The lowest BCUT2D eigenvalue weighted by molar-refractivity contribution is -0.137. The zero-order valence-corrected chi connectivity index (χ0v) is 16.3. The van der Waals surface area contributed by atoms with E-state index >= 15 is 0 Å². The van der Waals surface area contributed by atoms with E-state index in [1.54, 1.807) is 18.2 Å². The zero-order valence-electron chi connectivity index (χ0n) is 16.3. The first-order valence-corrected chi connectivity index (χ1v) is 9.86. The van der Waals surface area contributed by atoms with E-state index in [1.807, 2.05) is 24.3 Å². The van der Waals surface area contributed by atoms with Crippen LogP contribution in [0.4, 0.5) is 10.2 Å². The third-order valence-electron chi connectivity index (χ3n) is 4.97. The van der Waals surface area contributed by atoms with Gasteiger partial charge in [0.15, 0.2) is 0 Å². The minimum atomic E-state index is -1.02. The van der Waals surface area contributed by atoms with Crippen molar-refractivity contribution in [2.24, 2.45) is 5.92 Å². The summed E-state index contributed by atoms with van der Waals surface area (Å²) in [6.45, 7) is 0.756. The summed E-state index contributed by atoms with van der Waals surface area (Å²) in [5, 5.41) is 12.5. The van der Waals surface area contributed by atoms with Gasteiger partial charge in [-0.2, -0.15) is 0 Å². The number of halogens is 1. The molecule has 0 saturated heterocycles. The Hall–Kier alpha value is -3.48. The van der Waals surface area contributed by atoms with Crippen LogP contribution in [-0.2, 0) is 11.2 Å². The standard InChI is InChI=1S/C23H22FN3O3/c24-18-7-3-15(4-8-18)11-21(23(28)29)27-22-12-20(25-14-26-22)17-5-9-19(10-6-17)30-13-16-1-2-16/h3-10,12,14,16,21H,1-2,11,13H2,(H,28,29)(H,25,26,27). The van der Waals surface area contributed by atoms with E-state index in [2.05, 4.69) is 15.3 Å². The molecule has 1 heterocycles. The molecule has 2 aromatic carbocycles. The van der Waals surface area contributed by atoms with Gasteiger partial charge in [-0.3, -0.25) is 0 Å². The number of anilines is 1. The Kier molecular flexibility index (Phi) is 5.88. The summed E-state index contributed by atoms with van der Waals surface area (Å²) in [7, 11) is 0. The van der Waals surface area contributed by atoms with Gasteiger partial charge in [0, 0.05) is 18.1 Å². The van der Waals surface area contributed by atoms with Crippen molar-refractivity contribution in [3.8, 4) is 17.0 Å². The SMILES string of the molecule is O=C(O)C(Cc1ccc(F)cc1)Nc1cc(-c2ccc(OCC3CC3)cc2)ncn1. The molecular weight excluding hydrogens is 385 g/mol. The number of benzene rings is 2. The van der Waals surface area contributed by atoms with Crippen molar-refractivity contribution in [3.05, 3.63) is 72.3 Å². The van der Waals surface area contributed by atoms with Crippen LogP contribution in [0.25, 0.3) is 11.3 Å². The lowest BCUT2D eigenvalue weighted by atomic mass is 10.1. The van der Waals surface area contributed by atoms with Crippen molar-refractivity contribution in [2.75, 3.05) is 11.9 Å². The second-order valence-electron chi connectivity index (χ2n) is 7.43. The smallest absolute Gasteiger partial charge is 0.326 e. The molecule has 1 aromatic heterocycles. The Morgan fingerprint density at radius 2 is 1.87 bits per heavy atom. The molecule has 6 nitrogen and oxygen atoms in total. The Balaban J connectivity index is 1.44. The third kappa shape index (κ3) is 5.31. The quantitative estimate of drug-likeness (QED) is 0.554. The number of nitrogens with zero attached hydrogens (tertiary/aromatic N) is 2. The monoisotopic (exact) mass is 407 g/mol. The van der Waals surface area contributed by atoms with Gasteiger partial charge in [-0.1, -0.05) is 12.1 Å². The number of carboxylic acid groups (broad SMARTS) is 1. The number of rotatable bonds is 9. The van der Waals surface area contributed by atoms with Gasteiger partial charge in [-0.25, -0.2) is 19.2 Å². The Morgan fingerprint density at radius 1 is 1.13 bits per heavy atom. The Labute approximate surface area is 173 Å². The normalized spacial score (nSPS) is 14.2. The minimum Gasteiger partial charge on any atom is -0.493 e. The summed E-state index contributed by atoms with van der Waals surface area (Å²) >= 11 is 0. The van der Waals surface area contributed by atoms with Gasteiger partial charge < -0.3 is 15.2 Å². The highest BCUT2D eigenvalue weighted by Crippen LogP contribution is 2.30. The number of nitrogens with one attached hydrogen (secondary N) is 1. The average Bonchev–Trinajstić information content (AvgIpc) is 3.58. The molecule has 0 radical (unpaired) electrons. The number of hydrogen-bond donors (Lipinski definition) is 2. The van der Waals surface area contributed by atoms with Gasteiger partial charge in [0.05, 0.1) is 12.3 Å². The summed E-state index contributed by atoms with van der Waals surface area (Å²) in [6, 6.07) is 14.2. The van der Waals surface area contributed by atoms with Crippen LogP contribution in [0.1, 0.15) is 18.4 Å². The van der Waals surface area contributed by atoms with E-state index in [0.717, 1.165) is 17.9 Å². The van der Waals surface area contributed by atoms with E-state index in [-0.39, 0.29) is 12.2 Å². The molecule has 0 aliphatic heterocycles. The molecule has 0 bridgehead atoms.